The molecule has 0 N–H and O–H groups in total. The second kappa shape index (κ2) is 6.02. The summed E-state index contributed by atoms with van der Waals surface area (Å²) in [5.41, 5.74) is 0. The number of hydrogen-bond donors (Lipinski definition) is 0. The third-order valence-electron chi connectivity index (χ3n) is 2.82. The number of carbonyl (C=O) groups is 1. The van der Waals surface area contributed by atoms with E-state index in [9.17, 15) is 4.79 Å². The van der Waals surface area contributed by atoms with Gasteiger partial charge in [0.25, 0.3) is 0 Å². The Morgan fingerprint density at radius 2 is 2.36 bits per heavy atom. The Morgan fingerprint density at radius 3 is 3.00 bits per heavy atom. The Morgan fingerprint density at radius 1 is 1.57 bits per heavy atom. The molecule has 1 fully saturated rings. The zero-order valence-corrected chi connectivity index (χ0v) is 9.29. The van der Waals surface area contributed by atoms with E-state index in [0.717, 1.165) is 18.9 Å². The molecule has 0 radical (unpaired) electrons. The van der Waals surface area contributed by atoms with Crippen LogP contribution in [0.1, 0.15) is 32.6 Å². The minimum Gasteiger partial charge on any atom is -0.469 e. The highest BCUT2D eigenvalue weighted by Gasteiger charge is 2.15. The molecule has 0 aliphatic carbocycles. The Hall–Kier alpha value is -0.570. The summed E-state index contributed by atoms with van der Waals surface area (Å²) in [4.78, 5) is 13.3. The Bertz CT molecular complexity index is 182. The topological polar surface area (TPSA) is 29.5 Å². The first-order valence-corrected chi connectivity index (χ1v) is 5.51. The molecule has 1 atom stereocenters. The molecule has 1 aliphatic heterocycles. The molecule has 1 rings (SSSR count). The fourth-order valence-corrected chi connectivity index (χ4v) is 2.04. The lowest BCUT2D eigenvalue weighted by molar-refractivity contribution is -0.140. The van der Waals surface area contributed by atoms with E-state index in [1.807, 2.05) is 0 Å². The van der Waals surface area contributed by atoms with Crippen LogP contribution in [0, 0.1) is 5.92 Å². The first-order valence-electron chi connectivity index (χ1n) is 5.51. The van der Waals surface area contributed by atoms with Gasteiger partial charge in [0.05, 0.1) is 7.11 Å². The molecule has 3 nitrogen and oxygen atoms in total. The standard InChI is InChI=1S/C11H21NO2/c1-10-5-3-7-12(9-10)8-4-6-11(13)14-2/h10H,3-9H2,1-2H3. The summed E-state index contributed by atoms with van der Waals surface area (Å²) < 4.78 is 4.60. The molecule has 1 saturated heterocycles. The maximum Gasteiger partial charge on any atom is 0.305 e. The highest BCUT2D eigenvalue weighted by Crippen LogP contribution is 2.15. The molecule has 1 aliphatic rings. The van der Waals surface area contributed by atoms with Crippen molar-refractivity contribution in [3.63, 3.8) is 0 Å². The van der Waals surface area contributed by atoms with Gasteiger partial charge in [0.2, 0.25) is 0 Å². The third-order valence-corrected chi connectivity index (χ3v) is 2.82. The average Bonchev–Trinajstić information content (AvgIpc) is 2.17. The molecule has 1 heterocycles. The van der Waals surface area contributed by atoms with Crippen molar-refractivity contribution in [2.75, 3.05) is 26.7 Å². The first kappa shape index (κ1) is 11.5. The summed E-state index contributed by atoms with van der Waals surface area (Å²) >= 11 is 0. The highest BCUT2D eigenvalue weighted by atomic mass is 16.5. The number of hydrogen-bond acceptors (Lipinski definition) is 3. The van der Waals surface area contributed by atoms with Crippen molar-refractivity contribution in [1.82, 2.24) is 4.90 Å². The summed E-state index contributed by atoms with van der Waals surface area (Å²) in [7, 11) is 1.45. The van der Waals surface area contributed by atoms with Crippen molar-refractivity contribution in [3.8, 4) is 0 Å². The molecule has 1 unspecified atom stereocenters. The molecule has 3 heteroatoms. The predicted molar refractivity (Wildman–Crippen MR) is 56.1 cm³/mol. The van der Waals surface area contributed by atoms with Gasteiger partial charge < -0.3 is 9.64 Å². The van der Waals surface area contributed by atoms with Gasteiger partial charge in [-0.1, -0.05) is 6.92 Å². The molecule has 0 spiro atoms. The Kier molecular flexibility index (Phi) is 4.94. The average molecular weight is 199 g/mol. The molecular weight excluding hydrogens is 178 g/mol. The van der Waals surface area contributed by atoms with Crippen LogP contribution in [0.5, 0.6) is 0 Å². The van der Waals surface area contributed by atoms with Crippen molar-refractivity contribution in [2.24, 2.45) is 5.92 Å². The number of esters is 1. The van der Waals surface area contributed by atoms with E-state index < -0.39 is 0 Å². The maximum atomic E-state index is 10.9. The van der Waals surface area contributed by atoms with Crippen molar-refractivity contribution in [3.05, 3.63) is 0 Å². The van der Waals surface area contributed by atoms with Gasteiger partial charge in [0, 0.05) is 13.0 Å². The van der Waals surface area contributed by atoms with Gasteiger partial charge in [-0.2, -0.15) is 0 Å². The lowest BCUT2D eigenvalue weighted by Crippen LogP contribution is -2.35. The normalized spacial score (nSPS) is 23.4. The zero-order chi connectivity index (χ0) is 10.4. The number of ether oxygens (including phenoxy) is 1. The van der Waals surface area contributed by atoms with Crippen molar-refractivity contribution >= 4 is 5.97 Å². The lowest BCUT2D eigenvalue weighted by Gasteiger charge is -2.30. The van der Waals surface area contributed by atoms with Crippen LogP contribution in [0.15, 0.2) is 0 Å². The largest absolute Gasteiger partial charge is 0.469 e. The maximum absolute atomic E-state index is 10.9. The van der Waals surface area contributed by atoms with Crippen molar-refractivity contribution in [2.45, 2.75) is 32.6 Å². The van der Waals surface area contributed by atoms with Crippen LogP contribution >= 0.6 is 0 Å². The summed E-state index contributed by atoms with van der Waals surface area (Å²) in [6.45, 7) is 5.73. The van der Waals surface area contributed by atoms with Crippen LogP contribution in [0.2, 0.25) is 0 Å². The summed E-state index contributed by atoms with van der Waals surface area (Å²) in [5.74, 6) is 0.733. The monoisotopic (exact) mass is 199 g/mol. The zero-order valence-electron chi connectivity index (χ0n) is 9.29. The molecule has 0 aromatic carbocycles. The fraction of sp³-hybridized carbons (Fsp3) is 0.909. The minimum atomic E-state index is -0.0879. The number of rotatable bonds is 4. The molecule has 0 saturated carbocycles. The van der Waals surface area contributed by atoms with E-state index in [-0.39, 0.29) is 5.97 Å². The van der Waals surface area contributed by atoms with Crippen LogP contribution in [-0.2, 0) is 9.53 Å². The van der Waals surface area contributed by atoms with Crippen LogP contribution < -0.4 is 0 Å². The van der Waals surface area contributed by atoms with E-state index in [0.29, 0.717) is 6.42 Å². The second-order valence-corrected chi connectivity index (χ2v) is 4.23. The van der Waals surface area contributed by atoms with Crippen LogP contribution in [-0.4, -0.2) is 37.6 Å². The van der Waals surface area contributed by atoms with Gasteiger partial charge in [-0.25, -0.2) is 0 Å². The smallest absolute Gasteiger partial charge is 0.305 e. The molecular formula is C11H21NO2. The van der Waals surface area contributed by atoms with Gasteiger partial charge in [0.1, 0.15) is 0 Å². The molecule has 0 aromatic heterocycles. The van der Waals surface area contributed by atoms with Crippen LogP contribution in [0.25, 0.3) is 0 Å². The molecule has 82 valence electrons. The molecule has 0 bridgehead atoms. The second-order valence-electron chi connectivity index (χ2n) is 4.23. The van der Waals surface area contributed by atoms with E-state index in [2.05, 4.69) is 16.6 Å². The van der Waals surface area contributed by atoms with Crippen molar-refractivity contribution < 1.29 is 9.53 Å². The Balaban J connectivity index is 2.08. The number of nitrogens with zero attached hydrogens (tertiary/aromatic N) is 1. The van der Waals surface area contributed by atoms with E-state index >= 15 is 0 Å². The Labute approximate surface area is 86.4 Å². The number of likely N-dealkylation sites (tertiary alicyclic amines) is 1. The summed E-state index contributed by atoms with van der Waals surface area (Å²) in [6, 6.07) is 0. The predicted octanol–water partition coefficient (Wildman–Crippen LogP) is 1.67. The van der Waals surface area contributed by atoms with Crippen LogP contribution in [0.3, 0.4) is 0 Å². The number of methoxy groups -OCH3 is 1. The minimum absolute atomic E-state index is 0.0879. The van der Waals surface area contributed by atoms with E-state index in [1.165, 1.54) is 33.0 Å². The van der Waals surface area contributed by atoms with Crippen molar-refractivity contribution in [1.29, 1.82) is 0 Å². The number of carbonyl (C=O) groups excluding carboxylic acids is 1. The highest BCUT2D eigenvalue weighted by molar-refractivity contribution is 5.69. The quantitative estimate of drug-likeness (QED) is 0.645. The number of piperidine rings is 1. The lowest BCUT2D eigenvalue weighted by atomic mass is 10.0. The van der Waals surface area contributed by atoms with E-state index in [1.54, 1.807) is 0 Å². The molecule has 0 aromatic rings. The fourth-order valence-electron chi connectivity index (χ4n) is 2.04. The SMILES string of the molecule is COC(=O)CCCN1CCCC(C)C1. The van der Waals surface area contributed by atoms with Gasteiger partial charge in [-0.3, -0.25) is 4.79 Å². The van der Waals surface area contributed by atoms with Gasteiger partial charge in [-0.05, 0) is 38.3 Å². The van der Waals surface area contributed by atoms with Gasteiger partial charge >= 0.3 is 5.97 Å². The van der Waals surface area contributed by atoms with Gasteiger partial charge in [-0.15, -0.1) is 0 Å². The summed E-state index contributed by atoms with van der Waals surface area (Å²) in [5, 5.41) is 0. The summed E-state index contributed by atoms with van der Waals surface area (Å²) in [6.07, 6.45) is 4.15. The first-order chi connectivity index (χ1) is 6.72. The molecule has 0 amide bonds. The molecule has 14 heavy (non-hydrogen) atoms. The van der Waals surface area contributed by atoms with Gasteiger partial charge in [0.15, 0.2) is 0 Å². The van der Waals surface area contributed by atoms with E-state index in [4.69, 9.17) is 0 Å². The third kappa shape index (κ3) is 4.09. The van der Waals surface area contributed by atoms with Crippen LogP contribution in [0.4, 0.5) is 0 Å².